The minimum absolute atomic E-state index is 0.100. The van der Waals surface area contributed by atoms with Crippen molar-refractivity contribution in [2.75, 3.05) is 0 Å². The van der Waals surface area contributed by atoms with E-state index in [1.54, 1.807) is 0 Å². The van der Waals surface area contributed by atoms with Crippen LogP contribution in [0.25, 0.3) is 0 Å². The maximum atomic E-state index is 12.6. The molecule has 4 heteroatoms. The highest BCUT2D eigenvalue weighted by molar-refractivity contribution is 5.87. The molecular weight excluding hydrogens is 316 g/mol. The van der Waals surface area contributed by atoms with E-state index < -0.39 is 0 Å². The standard InChI is InChI=1S/C21H32O4/c1-12(22)25-18-11-14-15-4-5-19(24)21(15,3)9-7-16(14)20(2)8-6-13(23)10-17(18)20/h13-18,23H,4-11H2,1-3H3. The quantitative estimate of drug-likeness (QED) is 0.737. The zero-order chi connectivity index (χ0) is 18.0. The van der Waals surface area contributed by atoms with Crippen LogP contribution in [0.5, 0.6) is 0 Å². The monoisotopic (exact) mass is 348 g/mol. The number of hydrogen-bond donors (Lipinski definition) is 1. The van der Waals surface area contributed by atoms with Crippen molar-refractivity contribution < 1.29 is 19.4 Å². The summed E-state index contributed by atoms with van der Waals surface area (Å²) in [5, 5.41) is 10.3. The van der Waals surface area contributed by atoms with E-state index in [1.807, 2.05) is 0 Å². The van der Waals surface area contributed by atoms with Crippen molar-refractivity contribution in [1.29, 1.82) is 0 Å². The van der Waals surface area contributed by atoms with Crippen molar-refractivity contribution >= 4 is 11.8 Å². The van der Waals surface area contributed by atoms with Crippen molar-refractivity contribution in [3.8, 4) is 0 Å². The molecule has 0 aromatic carbocycles. The van der Waals surface area contributed by atoms with Gasteiger partial charge in [-0.2, -0.15) is 0 Å². The molecule has 4 rings (SSSR count). The van der Waals surface area contributed by atoms with Crippen LogP contribution < -0.4 is 0 Å². The number of carbonyl (C=O) groups excluding carboxylic acids is 2. The zero-order valence-electron chi connectivity index (χ0n) is 15.8. The maximum absolute atomic E-state index is 12.6. The number of aliphatic hydroxyl groups is 1. The Labute approximate surface area is 150 Å². The lowest BCUT2D eigenvalue weighted by atomic mass is 9.44. The molecule has 8 unspecified atom stereocenters. The lowest BCUT2D eigenvalue weighted by Gasteiger charge is -2.61. The number of hydrogen-bond acceptors (Lipinski definition) is 4. The fourth-order valence-corrected chi connectivity index (χ4v) is 7.36. The number of rotatable bonds is 1. The van der Waals surface area contributed by atoms with Gasteiger partial charge < -0.3 is 9.84 Å². The number of ketones is 1. The summed E-state index contributed by atoms with van der Waals surface area (Å²) >= 11 is 0. The second kappa shape index (κ2) is 5.80. The summed E-state index contributed by atoms with van der Waals surface area (Å²) in [6.07, 6.45) is 6.97. The fourth-order valence-electron chi connectivity index (χ4n) is 7.36. The molecule has 0 heterocycles. The Bertz CT molecular complexity index is 586. The smallest absolute Gasteiger partial charge is 0.302 e. The van der Waals surface area contributed by atoms with Gasteiger partial charge in [0.2, 0.25) is 0 Å². The highest BCUT2D eigenvalue weighted by Crippen LogP contribution is 2.65. The average Bonchev–Trinajstić information content (AvgIpc) is 2.84. The van der Waals surface area contributed by atoms with Crippen molar-refractivity contribution in [2.24, 2.45) is 34.5 Å². The van der Waals surface area contributed by atoms with Gasteiger partial charge in [0.15, 0.2) is 0 Å². The van der Waals surface area contributed by atoms with Gasteiger partial charge in [0, 0.05) is 24.7 Å². The molecule has 4 aliphatic carbocycles. The van der Waals surface area contributed by atoms with E-state index in [4.69, 9.17) is 4.74 Å². The van der Waals surface area contributed by atoms with Gasteiger partial charge >= 0.3 is 5.97 Å². The highest BCUT2D eigenvalue weighted by Gasteiger charge is 2.62. The Balaban J connectivity index is 1.69. The van der Waals surface area contributed by atoms with Crippen LogP contribution in [-0.2, 0) is 14.3 Å². The van der Waals surface area contributed by atoms with E-state index >= 15 is 0 Å². The lowest BCUT2D eigenvalue weighted by molar-refractivity contribution is -0.190. The van der Waals surface area contributed by atoms with E-state index in [-0.39, 0.29) is 34.9 Å². The normalized spacial score (nSPS) is 52.1. The van der Waals surface area contributed by atoms with Crippen LogP contribution >= 0.6 is 0 Å². The molecular formula is C21H32O4. The first-order valence-electron chi connectivity index (χ1n) is 10.1. The minimum atomic E-state index is -0.269. The summed E-state index contributed by atoms with van der Waals surface area (Å²) in [4.78, 5) is 24.3. The molecule has 25 heavy (non-hydrogen) atoms. The Morgan fingerprint density at radius 3 is 2.56 bits per heavy atom. The van der Waals surface area contributed by atoms with Crippen LogP contribution in [0.3, 0.4) is 0 Å². The van der Waals surface area contributed by atoms with E-state index in [0.29, 0.717) is 23.5 Å². The molecule has 0 bridgehead atoms. The van der Waals surface area contributed by atoms with Crippen LogP contribution in [0, 0.1) is 34.5 Å². The molecule has 1 N–H and O–H groups in total. The SMILES string of the molecule is CC(=O)OC1CC2C3CCC(=O)C3(C)CCC2C2(C)CCC(O)CC12. The average molecular weight is 348 g/mol. The second-order valence-corrected chi connectivity index (χ2v) is 9.72. The summed E-state index contributed by atoms with van der Waals surface area (Å²) in [6, 6.07) is 0. The largest absolute Gasteiger partial charge is 0.462 e. The molecule has 0 aromatic rings. The summed E-state index contributed by atoms with van der Waals surface area (Å²) in [5.41, 5.74) is -0.0332. The van der Waals surface area contributed by atoms with Crippen molar-refractivity contribution in [3.05, 3.63) is 0 Å². The van der Waals surface area contributed by atoms with Crippen molar-refractivity contribution in [2.45, 2.75) is 84.3 Å². The van der Waals surface area contributed by atoms with Gasteiger partial charge in [0.1, 0.15) is 11.9 Å². The number of ether oxygens (including phenoxy) is 1. The minimum Gasteiger partial charge on any atom is -0.462 e. The third-order valence-corrected chi connectivity index (χ3v) is 8.65. The van der Waals surface area contributed by atoms with Crippen LogP contribution in [0.4, 0.5) is 0 Å². The second-order valence-electron chi connectivity index (χ2n) is 9.72. The molecule has 0 aliphatic heterocycles. The molecule has 4 fully saturated rings. The van der Waals surface area contributed by atoms with E-state index in [1.165, 1.54) is 6.92 Å². The highest BCUT2D eigenvalue weighted by atomic mass is 16.5. The van der Waals surface area contributed by atoms with Gasteiger partial charge in [-0.3, -0.25) is 9.59 Å². The van der Waals surface area contributed by atoms with Gasteiger partial charge in [-0.15, -0.1) is 0 Å². The number of aliphatic hydroxyl groups excluding tert-OH is 1. The molecule has 4 saturated carbocycles. The third kappa shape index (κ3) is 2.50. The fraction of sp³-hybridized carbons (Fsp3) is 0.905. The molecule has 0 radical (unpaired) electrons. The van der Waals surface area contributed by atoms with E-state index in [0.717, 1.165) is 51.4 Å². The number of carbonyl (C=O) groups is 2. The summed E-state index contributed by atoms with van der Waals surface area (Å²) in [7, 11) is 0. The molecule has 140 valence electrons. The topological polar surface area (TPSA) is 63.6 Å². The van der Waals surface area contributed by atoms with E-state index in [9.17, 15) is 14.7 Å². The Morgan fingerprint density at radius 2 is 1.84 bits per heavy atom. The molecule has 0 amide bonds. The van der Waals surface area contributed by atoms with Gasteiger partial charge in [-0.25, -0.2) is 0 Å². The van der Waals surface area contributed by atoms with Gasteiger partial charge in [0.05, 0.1) is 6.10 Å². The van der Waals surface area contributed by atoms with Crippen molar-refractivity contribution in [1.82, 2.24) is 0 Å². The van der Waals surface area contributed by atoms with Crippen LogP contribution in [0.15, 0.2) is 0 Å². The predicted molar refractivity (Wildman–Crippen MR) is 93.7 cm³/mol. The predicted octanol–water partition coefficient (Wildman–Crippen LogP) is 3.50. The first kappa shape index (κ1) is 17.5. The maximum Gasteiger partial charge on any atom is 0.302 e. The molecule has 4 aliphatic rings. The Kier molecular flexibility index (Phi) is 4.06. The summed E-state index contributed by atoms with van der Waals surface area (Å²) in [6.45, 7) is 6.05. The summed E-state index contributed by atoms with van der Waals surface area (Å²) < 4.78 is 5.80. The van der Waals surface area contributed by atoms with Crippen LogP contribution in [0.2, 0.25) is 0 Å². The number of Topliss-reactive ketones (excluding diaryl/α,β-unsaturated/α-hetero) is 1. The first-order chi connectivity index (χ1) is 11.8. The van der Waals surface area contributed by atoms with Gasteiger partial charge in [0.25, 0.3) is 0 Å². The van der Waals surface area contributed by atoms with Crippen molar-refractivity contribution in [3.63, 3.8) is 0 Å². The van der Waals surface area contributed by atoms with Crippen LogP contribution in [0.1, 0.15) is 72.1 Å². The third-order valence-electron chi connectivity index (χ3n) is 8.65. The van der Waals surface area contributed by atoms with E-state index in [2.05, 4.69) is 13.8 Å². The number of esters is 1. The molecule has 0 saturated heterocycles. The molecule has 4 nitrogen and oxygen atoms in total. The molecule has 8 atom stereocenters. The first-order valence-corrected chi connectivity index (χ1v) is 10.1. The summed E-state index contributed by atoms with van der Waals surface area (Å²) in [5.74, 6) is 2.01. The van der Waals surface area contributed by atoms with Gasteiger partial charge in [-0.1, -0.05) is 13.8 Å². The number of fused-ring (bicyclic) bond motifs is 5. The molecule has 0 aromatic heterocycles. The Hall–Kier alpha value is -0.900. The lowest BCUT2D eigenvalue weighted by Crippen LogP contribution is -2.59. The zero-order valence-corrected chi connectivity index (χ0v) is 15.8. The van der Waals surface area contributed by atoms with Gasteiger partial charge in [-0.05, 0) is 68.1 Å². The molecule has 0 spiro atoms. The Morgan fingerprint density at radius 1 is 1.08 bits per heavy atom. The van der Waals surface area contributed by atoms with Crippen LogP contribution in [-0.4, -0.2) is 29.1 Å².